The quantitative estimate of drug-likeness (QED) is 0.825. The van der Waals surface area contributed by atoms with Crippen molar-refractivity contribution in [1.29, 1.82) is 0 Å². The van der Waals surface area contributed by atoms with Crippen LogP contribution in [-0.4, -0.2) is 30.9 Å². The zero-order chi connectivity index (χ0) is 11.5. The molecule has 1 atom stereocenters. The molecular weight excluding hydrogens is 202 g/mol. The molecule has 1 N–H and O–H groups in total. The SMILES string of the molecule is Cc1ccc(N2CCOCC2C)c(CO)c1. The lowest BCUT2D eigenvalue weighted by Crippen LogP contribution is -2.44. The van der Waals surface area contributed by atoms with E-state index in [1.807, 2.05) is 6.92 Å². The number of benzene rings is 1. The van der Waals surface area contributed by atoms with E-state index in [4.69, 9.17) is 4.74 Å². The van der Waals surface area contributed by atoms with Gasteiger partial charge in [-0.1, -0.05) is 17.7 Å². The summed E-state index contributed by atoms with van der Waals surface area (Å²) < 4.78 is 5.43. The maximum atomic E-state index is 9.40. The van der Waals surface area contributed by atoms with E-state index in [1.165, 1.54) is 5.56 Å². The smallest absolute Gasteiger partial charge is 0.0702 e. The fourth-order valence-corrected chi connectivity index (χ4v) is 2.21. The monoisotopic (exact) mass is 221 g/mol. The number of morpholine rings is 1. The second kappa shape index (κ2) is 4.85. The van der Waals surface area contributed by atoms with Crippen LogP contribution in [0.4, 0.5) is 5.69 Å². The maximum absolute atomic E-state index is 9.40. The molecule has 1 fully saturated rings. The van der Waals surface area contributed by atoms with Gasteiger partial charge >= 0.3 is 0 Å². The van der Waals surface area contributed by atoms with Crippen LogP contribution in [0.3, 0.4) is 0 Å². The van der Waals surface area contributed by atoms with E-state index in [9.17, 15) is 5.11 Å². The lowest BCUT2D eigenvalue weighted by atomic mass is 10.1. The van der Waals surface area contributed by atoms with E-state index in [2.05, 4.69) is 30.0 Å². The molecule has 1 aliphatic rings. The second-order valence-corrected chi connectivity index (χ2v) is 4.41. The van der Waals surface area contributed by atoms with Crippen LogP contribution in [0.15, 0.2) is 18.2 Å². The maximum Gasteiger partial charge on any atom is 0.0702 e. The number of nitrogens with zero attached hydrogens (tertiary/aromatic N) is 1. The number of anilines is 1. The van der Waals surface area contributed by atoms with Crippen LogP contribution in [0.1, 0.15) is 18.1 Å². The molecule has 0 aliphatic carbocycles. The van der Waals surface area contributed by atoms with Crippen LogP contribution in [-0.2, 0) is 11.3 Å². The van der Waals surface area contributed by atoms with E-state index in [1.54, 1.807) is 0 Å². The summed E-state index contributed by atoms with van der Waals surface area (Å²) in [7, 11) is 0. The Morgan fingerprint density at radius 2 is 2.31 bits per heavy atom. The summed E-state index contributed by atoms with van der Waals surface area (Å²) in [4.78, 5) is 2.31. The van der Waals surface area contributed by atoms with Gasteiger partial charge < -0.3 is 14.7 Å². The zero-order valence-corrected chi connectivity index (χ0v) is 9.94. The molecular formula is C13H19NO2. The Morgan fingerprint density at radius 1 is 1.50 bits per heavy atom. The van der Waals surface area contributed by atoms with Crippen LogP contribution >= 0.6 is 0 Å². The Hall–Kier alpha value is -1.06. The molecule has 1 heterocycles. The van der Waals surface area contributed by atoms with Gasteiger partial charge in [0, 0.05) is 23.8 Å². The molecule has 1 saturated heterocycles. The standard InChI is InChI=1S/C13H19NO2/c1-10-3-4-13(12(7-10)8-15)14-5-6-16-9-11(14)2/h3-4,7,11,15H,5-6,8-9H2,1-2H3. The first-order chi connectivity index (χ1) is 7.72. The predicted molar refractivity (Wildman–Crippen MR) is 64.7 cm³/mol. The van der Waals surface area contributed by atoms with Gasteiger partial charge in [-0.2, -0.15) is 0 Å². The molecule has 16 heavy (non-hydrogen) atoms. The summed E-state index contributed by atoms with van der Waals surface area (Å²) >= 11 is 0. The first kappa shape index (κ1) is 11.4. The average Bonchev–Trinajstić information content (AvgIpc) is 2.30. The number of aliphatic hydroxyl groups is 1. The van der Waals surface area contributed by atoms with Crippen molar-refractivity contribution in [3.05, 3.63) is 29.3 Å². The molecule has 0 aromatic heterocycles. The third-order valence-corrected chi connectivity index (χ3v) is 3.08. The van der Waals surface area contributed by atoms with Crippen molar-refractivity contribution in [3.8, 4) is 0 Å². The molecule has 0 bridgehead atoms. The van der Waals surface area contributed by atoms with Crippen LogP contribution in [0, 0.1) is 6.92 Å². The Bertz CT molecular complexity index is 365. The number of rotatable bonds is 2. The summed E-state index contributed by atoms with van der Waals surface area (Å²) in [6.07, 6.45) is 0. The highest BCUT2D eigenvalue weighted by molar-refractivity contribution is 5.55. The summed E-state index contributed by atoms with van der Waals surface area (Å²) in [5.74, 6) is 0. The molecule has 1 unspecified atom stereocenters. The number of aryl methyl sites for hydroxylation is 1. The lowest BCUT2D eigenvalue weighted by molar-refractivity contribution is 0.0987. The second-order valence-electron chi connectivity index (χ2n) is 4.41. The van der Waals surface area contributed by atoms with Crippen molar-refractivity contribution >= 4 is 5.69 Å². The number of aliphatic hydroxyl groups excluding tert-OH is 1. The van der Waals surface area contributed by atoms with Crippen LogP contribution in [0.2, 0.25) is 0 Å². The summed E-state index contributed by atoms with van der Waals surface area (Å²) in [6.45, 7) is 6.73. The molecule has 1 aromatic carbocycles. The number of hydrogen-bond donors (Lipinski definition) is 1. The van der Waals surface area contributed by atoms with Crippen molar-refractivity contribution in [1.82, 2.24) is 0 Å². The van der Waals surface area contributed by atoms with Crippen molar-refractivity contribution in [2.75, 3.05) is 24.7 Å². The van der Waals surface area contributed by atoms with Gasteiger partial charge in [0.2, 0.25) is 0 Å². The van der Waals surface area contributed by atoms with E-state index >= 15 is 0 Å². The van der Waals surface area contributed by atoms with Crippen molar-refractivity contribution in [3.63, 3.8) is 0 Å². The van der Waals surface area contributed by atoms with Gasteiger partial charge in [0.05, 0.1) is 19.8 Å². The van der Waals surface area contributed by atoms with Gasteiger partial charge in [0.15, 0.2) is 0 Å². The molecule has 1 aliphatic heterocycles. The normalized spacial score (nSPS) is 21.2. The molecule has 0 radical (unpaired) electrons. The Labute approximate surface area is 96.6 Å². The highest BCUT2D eigenvalue weighted by atomic mass is 16.5. The first-order valence-corrected chi connectivity index (χ1v) is 5.77. The van der Waals surface area contributed by atoms with Crippen molar-refractivity contribution in [2.45, 2.75) is 26.5 Å². The predicted octanol–water partition coefficient (Wildman–Crippen LogP) is 1.71. The van der Waals surface area contributed by atoms with Gasteiger partial charge in [0.1, 0.15) is 0 Å². The van der Waals surface area contributed by atoms with Gasteiger partial charge in [0.25, 0.3) is 0 Å². The third-order valence-electron chi connectivity index (χ3n) is 3.08. The average molecular weight is 221 g/mol. The van der Waals surface area contributed by atoms with Crippen LogP contribution in [0.5, 0.6) is 0 Å². The molecule has 0 spiro atoms. The minimum atomic E-state index is 0.0983. The van der Waals surface area contributed by atoms with Gasteiger partial charge in [-0.15, -0.1) is 0 Å². The molecule has 1 aromatic rings. The number of hydrogen-bond acceptors (Lipinski definition) is 3. The van der Waals surface area contributed by atoms with Crippen LogP contribution in [0.25, 0.3) is 0 Å². The lowest BCUT2D eigenvalue weighted by Gasteiger charge is -2.36. The topological polar surface area (TPSA) is 32.7 Å². The van der Waals surface area contributed by atoms with Gasteiger partial charge in [-0.25, -0.2) is 0 Å². The van der Waals surface area contributed by atoms with E-state index in [0.717, 1.165) is 31.0 Å². The van der Waals surface area contributed by atoms with E-state index in [0.29, 0.717) is 6.04 Å². The van der Waals surface area contributed by atoms with Crippen molar-refractivity contribution < 1.29 is 9.84 Å². The molecule has 2 rings (SSSR count). The third kappa shape index (κ3) is 2.20. The largest absolute Gasteiger partial charge is 0.392 e. The molecule has 3 nitrogen and oxygen atoms in total. The Kier molecular flexibility index (Phi) is 3.46. The van der Waals surface area contributed by atoms with E-state index in [-0.39, 0.29) is 6.61 Å². The molecule has 3 heteroatoms. The minimum absolute atomic E-state index is 0.0983. The Balaban J connectivity index is 2.30. The molecule has 0 amide bonds. The molecule has 88 valence electrons. The fraction of sp³-hybridized carbons (Fsp3) is 0.538. The zero-order valence-electron chi connectivity index (χ0n) is 9.94. The molecule has 0 saturated carbocycles. The highest BCUT2D eigenvalue weighted by Gasteiger charge is 2.20. The van der Waals surface area contributed by atoms with Gasteiger partial charge in [-0.05, 0) is 19.9 Å². The van der Waals surface area contributed by atoms with E-state index < -0.39 is 0 Å². The fourth-order valence-electron chi connectivity index (χ4n) is 2.21. The first-order valence-electron chi connectivity index (χ1n) is 5.77. The van der Waals surface area contributed by atoms with Crippen molar-refractivity contribution in [2.24, 2.45) is 0 Å². The summed E-state index contributed by atoms with van der Waals surface area (Å²) in [5, 5.41) is 9.40. The number of ether oxygens (including phenoxy) is 1. The minimum Gasteiger partial charge on any atom is -0.392 e. The van der Waals surface area contributed by atoms with Gasteiger partial charge in [-0.3, -0.25) is 0 Å². The summed E-state index contributed by atoms with van der Waals surface area (Å²) in [6, 6.07) is 6.62. The van der Waals surface area contributed by atoms with Crippen LogP contribution < -0.4 is 4.90 Å². The highest BCUT2D eigenvalue weighted by Crippen LogP contribution is 2.25. The summed E-state index contributed by atoms with van der Waals surface area (Å²) in [5.41, 5.74) is 3.34. The Morgan fingerprint density at radius 3 is 3.00 bits per heavy atom.